The van der Waals surface area contributed by atoms with Gasteiger partial charge in [0.1, 0.15) is 18.1 Å². The van der Waals surface area contributed by atoms with Gasteiger partial charge in [0.05, 0.1) is 36.4 Å². The van der Waals surface area contributed by atoms with E-state index >= 15 is 0 Å². The summed E-state index contributed by atoms with van der Waals surface area (Å²) in [4.78, 5) is 72.3. The summed E-state index contributed by atoms with van der Waals surface area (Å²) >= 11 is 0. The zero-order valence-corrected chi connectivity index (χ0v) is 34.1. The molecule has 52 heavy (non-hydrogen) atoms. The second kappa shape index (κ2) is 22.4. The van der Waals surface area contributed by atoms with Crippen LogP contribution in [-0.4, -0.2) is 126 Å². The molecular formula is C38H73N7O7. The number of carbonyl (C=O) groups excluding carboxylic acids is 5. The van der Waals surface area contributed by atoms with Crippen molar-refractivity contribution in [2.24, 2.45) is 29.0 Å². The van der Waals surface area contributed by atoms with Crippen molar-refractivity contribution in [2.75, 3.05) is 33.9 Å². The number of likely N-dealkylation sites (tertiary alicyclic amines) is 1. The number of primary amides is 1. The SMILES string of the molecule is CCCC(N)C(=O)N(C)[C@H](C(=O)N1C[C@H](OCC)C[C@H]1C(=O)N(C)[C@@H](CC(C)C)C(=O)NC(CCCC[C@H](N)C(N)=O)COC(C)(C)C)[C@@H](C)CC. The van der Waals surface area contributed by atoms with E-state index < -0.39 is 41.7 Å². The standard InChI is InChI=1S/C38H73N7O7/c1-12-17-29(40)35(48)44(11)32(25(6)13-2)37(50)45-22-27(51-14-3)21-31(45)36(49)43(10)30(20-24(4)5)34(47)42-26(23-52-38(7,8)9)18-15-16-19-28(39)33(41)46/h24-32H,12-23,39-40H2,1-11H3,(H2,41,46)(H,42,47)/t25-,26?,27+,28-,29?,30-,31-,32-/m0/s1. The van der Waals surface area contributed by atoms with Crippen molar-refractivity contribution >= 4 is 29.5 Å². The highest BCUT2D eigenvalue weighted by atomic mass is 16.5. The molecule has 0 aliphatic carbocycles. The average molecular weight is 740 g/mol. The Hall–Kier alpha value is -2.81. The quantitative estimate of drug-likeness (QED) is 0.114. The van der Waals surface area contributed by atoms with Crippen LogP contribution in [0.1, 0.15) is 120 Å². The van der Waals surface area contributed by atoms with E-state index in [-0.39, 0.29) is 67.2 Å². The van der Waals surface area contributed by atoms with E-state index in [0.29, 0.717) is 51.6 Å². The molecule has 2 unspecified atom stereocenters. The van der Waals surface area contributed by atoms with Gasteiger partial charge in [-0.05, 0) is 65.2 Å². The van der Waals surface area contributed by atoms with Gasteiger partial charge in [-0.15, -0.1) is 0 Å². The van der Waals surface area contributed by atoms with Gasteiger partial charge in [-0.25, -0.2) is 0 Å². The summed E-state index contributed by atoms with van der Waals surface area (Å²) in [6.45, 7) is 18.4. The fraction of sp³-hybridized carbons (Fsp3) is 0.868. The lowest BCUT2D eigenvalue weighted by Gasteiger charge is -2.38. The van der Waals surface area contributed by atoms with Crippen molar-refractivity contribution in [3.63, 3.8) is 0 Å². The largest absolute Gasteiger partial charge is 0.377 e. The maximum atomic E-state index is 14.5. The maximum absolute atomic E-state index is 14.5. The molecule has 0 saturated carbocycles. The molecular weight excluding hydrogens is 666 g/mol. The smallest absolute Gasteiger partial charge is 0.246 e. The molecule has 0 bridgehead atoms. The van der Waals surface area contributed by atoms with E-state index in [1.165, 1.54) is 9.80 Å². The van der Waals surface area contributed by atoms with Gasteiger partial charge in [0.2, 0.25) is 29.5 Å². The Kier molecular flexibility index (Phi) is 20.4. The molecule has 5 amide bonds. The van der Waals surface area contributed by atoms with Crippen molar-refractivity contribution in [3.05, 3.63) is 0 Å². The van der Waals surface area contributed by atoms with Crippen LogP contribution < -0.4 is 22.5 Å². The van der Waals surface area contributed by atoms with Gasteiger partial charge in [0, 0.05) is 33.7 Å². The van der Waals surface area contributed by atoms with Gasteiger partial charge in [0.25, 0.3) is 0 Å². The molecule has 7 N–H and O–H groups in total. The normalized spacial score (nSPS) is 19.8. The van der Waals surface area contributed by atoms with E-state index in [0.717, 1.165) is 6.42 Å². The van der Waals surface area contributed by atoms with Crippen LogP contribution in [0.15, 0.2) is 0 Å². The van der Waals surface area contributed by atoms with Gasteiger partial charge >= 0.3 is 0 Å². The number of ether oxygens (including phenoxy) is 2. The molecule has 14 nitrogen and oxygen atoms in total. The lowest BCUT2D eigenvalue weighted by Crippen LogP contribution is -2.59. The third kappa shape index (κ3) is 14.9. The number of carbonyl (C=O) groups is 5. The number of nitrogens with zero attached hydrogens (tertiary/aromatic N) is 3. The molecule has 302 valence electrons. The van der Waals surface area contributed by atoms with E-state index in [2.05, 4.69) is 5.32 Å². The molecule has 1 aliphatic rings. The van der Waals surface area contributed by atoms with E-state index in [9.17, 15) is 24.0 Å². The van der Waals surface area contributed by atoms with E-state index in [1.54, 1.807) is 19.0 Å². The molecule has 0 aromatic carbocycles. The molecule has 0 radical (unpaired) electrons. The third-order valence-corrected chi connectivity index (χ3v) is 9.91. The van der Waals surface area contributed by atoms with Crippen molar-refractivity contribution < 1.29 is 33.4 Å². The minimum absolute atomic E-state index is 0.0739. The zero-order valence-electron chi connectivity index (χ0n) is 34.1. The summed E-state index contributed by atoms with van der Waals surface area (Å²) < 4.78 is 12.0. The first-order chi connectivity index (χ1) is 24.2. The summed E-state index contributed by atoms with van der Waals surface area (Å²) in [7, 11) is 3.23. The minimum atomic E-state index is -0.884. The Balaban J connectivity index is 3.39. The summed E-state index contributed by atoms with van der Waals surface area (Å²) in [5.74, 6) is -1.99. The topological polar surface area (TPSA) is 204 Å². The summed E-state index contributed by atoms with van der Waals surface area (Å²) in [6.07, 6.45) is 4.49. The Bertz CT molecular complexity index is 1150. The number of hydrogen-bond donors (Lipinski definition) is 4. The van der Waals surface area contributed by atoms with Crippen LogP contribution in [0.4, 0.5) is 0 Å². The van der Waals surface area contributed by atoms with Gasteiger partial charge in [0.15, 0.2) is 0 Å². The van der Waals surface area contributed by atoms with E-state index in [4.69, 9.17) is 26.7 Å². The minimum Gasteiger partial charge on any atom is -0.377 e. The van der Waals surface area contributed by atoms with Crippen molar-refractivity contribution in [1.29, 1.82) is 0 Å². The van der Waals surface area contributed by atoms with Gasteiger partial charge in [-0.1, -0.05) is 60.3 Å². The molecule has 8 atom stereocenters. The first-order valence-corrected chi connectivity index (χ1v) is 19.4. The second-order valence-electron chi connectivity index (χ2n) is 16.0. The van der Waals surface area contributed by atoms with Crippen LogP contribution >= 0.6 is 0 Å². The van der Waals surface area contributed by atoms with Crippen LogP contribution in [0, 0.1) is 11.8 Å². The fourth-order valence-corrected chi connectivity index (χ4v) is 6.67. The molecule has 1 fully saturated rings. The number of likely N-dealkylation sites (N-methyl/N-ethyl adjacent to an activating group) is 2. The summed E-state index contributed by atoms with van der Waals surface area (Å²) in [6, 6.07) is -4.34. The lowest BCUT2D eigenvalue weighted by atomic mass is 9.95. The predicted octanol–water partition coefficient (Wildman–Crippen LogP) is 2.54. The number of amides is 5. The highest BCUT2D eigenvalue weighted by Crippen LogP contribution is 2.28. The first-order valence-electron chi connectivity index (χ1n) is 19.4. The van der Waals surface area contributed by atoms with Crippen LogP contribution in [0.3, 0.4) is 0 Å². The Morgan fingerprint density at radius 2 is 1.54 bits per heavy atom. The molecule has 1 rings (SSSR count). The first kappa shape index (κ1) is 47.2. The number of hydrogen-bond acceptors (Lipinski definition) is 9. The highest BCUT2D eigenvalue weighted by molar-refractivity contribution is 5.95. The van der Waals surface area contributed by atoms with Crippen LogP contribution in [0.25, 0.3) is 0 Å². The number of unbranched alkanes of at least 4 members (excludes halogenated alkanes) is 1. The van der Waals surface area contributed by atoms with Crippen LogP contribution in [0.2, 0.25) is 0 Å². The highest BCUT2D eigenvalue weighted by Gasteiger charge is 2.47. The Labute approximate surface area is 313 Å². The fourth-order valence-electron chi connectivity index (χ4n) is 6.67. The maximum Gasteiger partial charge on any atom is 0.246 e. The van der Waals surface area contributed by atoms with Crippen molar-refractivity contribution in [3.8, 4) is 0 Å². The summed E-state index contributed by atoms with van der Waals surface area (Å²) in [5, 5.41) is 3.14. The van der Waals surface area contributed by atoms with Crippen LogP contribution in [0.5, 0.6) is 0 Å². The number of nitrogens with two attached hydrogens (primary N) is 3. The monoisotopic (exact) mass is 740 g/mol. The number of nitrogens with one attached hydrogen (secondary N) is 1. The second-order valence-corrected chi connectivity index (χ2v) is 16.0. The zero-order chi connectivity index (χ0) is 39.9. The molecule has 1 aliphatic heterocycles. The molecule has 14 heteroatoms. The third-order valence-electron chi connectivity index (χ3n) is 9.91. The average Bonchev–Trinajstić information content (AvgIpc) is 3.50. The van der Waals surface area contributed by atoms with Crippen LogP contribution in [-0.2, 0) is 33.4 Å². The Morgan fingerprint density at radius 3 is 2.06 bits per heavy atom. The van der Waals surface area contributed by atoms with Crippen molar-refractivity contribution in [1.82, 2.24) is 20.0 Å². The molecule has 0 aromatic heterocycles. The number of rotatable bonds is 23. The van der Waals surface area contributed by atoms with Crippen molar-refractivity contribution in [2.45, 2.75) is 168 Å². The van der Waals surface area contributed by atoms with Gasteiger partial charge < -0.3 is 46.7 Å². The van der Waals surface area contributed by atoms with Gasteiger partial charge in [-0.2, -0.15) is 0 Å². The van der Waals surface area contributed by atoms with E-state index in [1.807, 2.05) is 62.3 Å². The molecule has 1 saturated heterocycles. The molecule has 1 heterocycles. The Morgan fingerprint density at radius 1 is 0.923 bits per heavy atom. The molecule has 0 spiro atoms. The van der Waals surface area contributed by atoms with Gasteiger partial charge in [-0.3, -0.25) is 24.0 Å². The predicted molar refractivity (Wildman–Crippen MR) is 204 cm³/mol. The molecule has 0 aromatic rings. The lowest BCUT2D eigenvalue weighted by molar-refractivity contribution is -0.153. The summed E-state index contributed by atoms with van der Waals surface area (Å²) in [5.41, 5.74) is 16.9.